The van der Waals surface area contributed by atoms with Gasteiger partial charge in [-0.05, 0) is 58.1 Å². The van der Waals surface area contributed by atoms with E-state index in [1.165, 1.54) is 0 Å². The molecule has 3 atom stereocenters. The Morgan fingerprint density at radius 3 is 2.81 bits per heavy atom. The lowest BCUT2D eigenvalue weighted by atomic mass is 9.87. The van der Waals surface area contributed by atoms with Gasteiger partial charge in [0, 0.05) is 7.05 Å². The van der Waals surface area contributed by atoms with Gasteiger partial charge < -0.3 is 19.9 Å². The summed E-state index contributed by atoms with van der Waals surface area (Å²) in [6.45, 7) is 5.82. The molecule has 2 aromatic rings. The van der Waals surface area contributed by atoms with Gasteiger partial charge in [0.25, 0.3) is 0 Å². The van der Waals surface area contributed by atoms with E-state index in [0.717, 1.165) is 19.3 Å². The van der Waals surface area contributed by atoms with Gasteiger partial charge in [0.1, 0.15) is 17.5 Å². The minimum atomic E-state index is -0.764. The first-order valence-corrected chi connectivity index (χ1v) is 11.0. The molecule has 1 fully saturated rings. The zero-order chi connectivity index (χ0) is 23.3. The molecule has 0 bridgehead atoms. The van der Waals surface area contributed by atoms with Gasteiger partial charge >= 0.3 is 12.1 Å². The number of hydrogen-bond acceptors (Lipinski definition) is 7. The van der Waals surface area contributed by atoms with E-state index in [2.05, 4.69) is 20.6 Å². The molecule has 10 heteroatoms. The number of amides is 1. The molecular weight excluding hydrogens is 414 g/mol. The van der Waals surface area contributed by atoms with Gasteiger partial charge in [-0.2, -0.15) is 0 Å². The van der Waals surface area contributed by atoms with E-state index < -0.39 is 12.1 Å². The summed E-state index contributed by atoms with van der Waals surface area (Å²) in [7, 11) is 1.75. The predicted octanol–water partition coefficient (Wildman–Crippen LogP) is 3.23. The van der Waals surface area contributed by atoms with Crippen LogP contribution < -0.4 is 10.1 Å². The zero-order valence-corrected chi connectivity index (χ0v) is 19.0. The maximum Gasteiger partial charge on any atom is 0.407 e. The minimum Gasteiger partial charge on any atom is -0.489 e. The molecule has 32 heavy (non-hydrogen) atoms. The molecule has 0 aromatic carbocycles. The van der Waals surface area contributed by atoms with Crippen LogP contribution in [0.2, 0.25) is 0 Å². The number of rotatable bonds is 8. The molecule has 2 heterocycles. The van der Waals surface area contributed by atoms with Gasteiger partial charge in [-0.25, -0.2) is 14.5 Å². The Kier molecular flexibility index (Phi) is 7.66. The summed E-state index contributed by atoms with van der Waals surface area (Å²) < 4.78 is 12.9. The van der Waals surface area contributed by atoms with Crippen LogP contribution in [-0.2, 0) is 23.1 Å². The van der Waals surface area contributed by atoms with Crippen molar-refractivity contribution < 1.29 is 24.2 Å². The van der Waals surface area contributed by atoms with Gasteiger partial charge in [-0.15, -0.1) is 5.10 Å². The molecule has 2 N–H and O–H groups in total. The van der Waals surface area contributed by atoms with Crippen LogP contribution in [0.25, 0.3) is 11.4 Å². The molecular formula is C22H31N5O5. The first kappa shape index (κ1) is 23.5. The van der Waals surface area contributed by atoms with Gasteiger partial charge in [-0.3, -0.25) is 4.79 Å². The van der Waals surface area contributed by atoms with Crippen LogP contribution in [0.5, 0.6) is 5.75 Å². The number of nitrogens with zero attached hydrogens (tertiary/aromatic N) is 4. The van der Waals surface area contributed by atoms with Crippen molar-refractivity contribution in [3.8, 4) is 17.1 Å². The molecule has 0 spiro atoms. The van der Waals surface area contributed by atoms with E-state index in [9.17, 15) is 14.7 Å². The van der Waals surface area contributed by atoms with E-state index >= 15 is 0 Å². The normalized spacial score (nSPS) is 19.2. The number of ether oxygens (including phenoxy) is 2. The second kappa shape index (κ2) is 10.4. The average Bonchev–Trinajstić information content (AvgIpc) is 3.14. The molecule has 3 rings (SSSR count). The molecule has 1 unspecified atom stereocenters. The minimum absolute atomic E-state index is 0.135. The van der Waals surface area contributed by atoms with Crippen LogP contribution >= 0.6 is 0 Å². The summed E-state index contributed by atoms with van der Waals surface area (Å²) >= 11 is 0. The van der Waals surface area contributed by atoms with Crippen LogP contribution in [0.15, 0.2) is 12.1 Å². The first-order valence-electron chi connectivity index (χ1n) is 11.0. The molecule has 174 valence electrons. The Labute approximate surface area is 187 Å². The summed E-state index contributed by atoms with van der Waals surface area (Å²) in [4.78, 5) is 27.9. The quantitative estimate of drug-likeness (QED) is 0.634. The van der Waals surface area contributed by atoms with Crippen molar-refractivity contribution >= 4 is 12.1 Å². The zero-order valence-electron chi connectivity index (χ0n) is 19.0. The Morgan fingerprint density at radius 2 is 2.12 bits per heavy atom. The summed E-state index contributed by atoms with van der Waals surface area (Å²) in [6, 6.07) is 3.62. The maximum atomic E-state index is 12.0. The molecule has 0 saturated heterocycles. The Balaban J connectivity index is 1.70. The maximum absolute atomic E-state index is 12.0. The lowest BCUT2D eigenvalue weighted by Crippen LogP contribution is -2.29. The van der Waals surface area contributed by atoms with E-state index in [1.807, 2.05) is 26.8 Å². The van der Waals surface area contributed by atoms with Crippen molar-refractivity contribution in [1.29, 1.82) is 0 Å². The molecule has 1 amide bonds. The number of alkyl carbamates (subject to hydrolysis) is 1. The van der Waals surface area contributed by atoms with Crippen molar-refractivity contribution in [2.45, 2.75) is 71.6 Å². The van der Waals surface area contributed by atoms with Gasteiger partial charge in [0.05, 0.1) is 35.6 Å². The Morgan fingerprint density at radius 1 is 1.34 bits per heavy atom. The number of carbonyl (C=O) groups excluding carboxylic acids is 1. The van der Waals surface area contributed by atoms with Crippen LogP contribution in [-0.4, -0.2) is 49.4 Å². The van der Waals surface area contributed by atoms with Crippen LogP contribution in [0.4, 0.5) is 4.79 Å². The average molecular weight is 446 g/mol. The summed E-state index contributed by atoms with van der Waals surface area (Å²) in [6.07, 6.45) is 2.81. The number of hydrogen-bond donors (Lipinski definition) is 2. The molecule has 1 saturated carbocycles. The second-order valence-electron chi connectivity index (χ2n) is 8.21. The first-order chi connectivity index (χ1) is 15.3. The number of aromatic nitrogens is 4. The molecule has 10 nitrogen and oxygen atoms in total. The lowest BCUT2D eigenvalue weighted by molar-refractivity contribution is -0.143. The van der Waals surface area contributed by atoms with Crippen LogP contribution in [0.1, 0.15) is 57.3 Å². The van der Waals surface area contributed by atoms with Crippen LogP contribution in [0, 0.1) is 12.8 Å². The smallest absolute Gasteiger partial charge is 0.407 e. The van der Waals surface area contributed by atoms with E-state index in [0.29, 0.717) is 41.4 Å². The molecule has 0 aliphatic heterocycles. The fourth-order valence-electron chi connectivity index (χ4n) is 3.70. The Bertz CT molecular complexity index is 960. The highest BCUT2D eigenvalue weighted by Gasteiger charge is 2.28. The number of carbonyl (C=O) groups is 2. The van der Waals surface area contributed by atoms with Crippen molar-refractivity contribution in [1.82, 2.24) is 25.3 Å². The second-order valence-corrected chi connectivity index (χ2v) is 8.21. The number of carboxylic acid groups (broad SMARTS) is 1. The van der Waals surface area contributed by atoms with Gasteiger partial charge in [0.15, 0.2) is 0 Å². The third-order valence-electron chi connectivity index (χ3n) is 5.78. The van der Waals surface area contributed by atoms with Gasteiger partial charge in [0.2, 0.25) is 0 Å². The van der Waals surface area contributed by atoms with Gasteiger partial charge in [-0.1, -0.05) is 12.1 Å². The highest BCUT2D eigenvalue weighted by Crippen LogP contribution is 2.30. The fourth-order valence-corrected chi connectivity index (χ4v) is 3.70. The number of aryl methyl sites for hydroxylation is 2. The highest BCUT2D eigenvalue weighted by molar-refractivity contribution is 5.70. The third kappa shape index (κ3) is 5.74. The fraction of sp³-hybridized carbons (Fsp3) is 0.591. The monoisotopic (exact) mass is 445 g/mol. The number of pyridine rings is 1. The topological polar surface area (TPSA) is 128 Å². The van der Waals surface area contributed by atoms with Crippen LogP contribution in [0.3, 0.4) is 0 Å². The Hall–Kier alpha value is -3.17. The van der Waals surface area contributed by atoms with Crippen molar-refractivity contribution in [3.63, 3.8) is 0 Å². The summed E-state index contributed by atoms with van der Waals surface area (Å²) in [5.41, 5.74) is 2.56. The van der Waals surface area contributed by atoms with Crippen molar-refractivity contribution in [3.05, 3.63) is 23.5 Å². The van der Waals surface area contributed by atoms with Crippen molar-refractivity contribution in [2.24, 2.45) is 13.0 Å². The van der Waals surface area contributed by atoms with E-state index in [-0.39, 0.29) is 24.7 Å². The van der Waals surface area contributed by atoms with E-state index in [1.54, 1.807) is 17.8 Å². The summed E-state index contributed by atoms with van der Waals surface area (Å²) in [5, 5.41) is 20.3. The third-order valence-corrected chi connectivity index (χ3v) is 5.78. The molecule has 1 aliphatic carbocycles. The molecule has 2 aromatic heterocycles. The predicted molar refractivity (Wildman–Crippen MR) is 116 cm³/mol. The molecule has 0 radical (unpaired) electrons. The lowest BCUT2D eigenvalue weighted by Gasteiger charge is -2.27. The number of carboxylic acids is 1. The van der Waals surface area contributed by atoms with Crippen molar-refractivity contribution in [2.75, 3.05) is 0 Å². The molecule has 1 aliphatic rings. The SMILES string of the molecule is CCC(C)OC(=O)NCc1c(-c2ccc(O[C@H]3CCC[C@H](C(=O)O)C3)c(C)n2)nnn1C. The summed E-state index contributed by atoms with van der Waals surface area (Å²) in [5.74, 6) is -0.492. The largest absolute Gasteiger partial charge is 0.489 e. The number of nitrogens with one attached hydrogen (secondary N) is 1. The van der Waals surface area contributed by atoms with E-state index in [4.69, 9.17) is 9.47 Å². The highest BCUT2D eigenvalue weighted by atomic mass is 16.6. The standard InChI is InChI=1S/C22H31N5O5/c1-5-13(2)31-22(30)23-12-18-20(25-26-27(18)4)17-9-10-19(14(3)24-17)32-16-8-6-7-15(11-16)21(28)29/h9-10,13,15-16H,5-8,11-12H2,1-4H3,(H,23,30)(H,28,29)/t13?,15-,16-/m0/s1. The number of aliphatic carboxylic acids is 1.